The third-order valence-electron chi connectivity index (χ3n) is 5.37. The maximum atomic E-state index is 11.3. The van der Waals surface area contributed by atoms with Crippen LogP contribution < -0.4 is 22.1 Å². The second-order valence-corrected chi connectivity index (χ2v) is 7.69. The van der Waals surface area contributed by atoms with Crippen LogP contribution >= 0.6 is 11.6 Å². The number of hydrogen-bond donors (Lipinski definition) is 3. The highest BCUT2D eigenvalue weighted by Crippen LogP contribution is 2.37. The zero-order valence-corrected chi connectivity index (χ0v) is 16.8. The van der Waals surface area contributed by atoms with Crippen LogP contribution in [0.25, 0.3) is 0 Å². The van der Waals surface area contributed by atoms with Gasteiger partial charge in [-0.1, -0.05) is 24.4 Å². The van der Waals surface area contributed by atoms with E-state index in [9.17, 15) is 10.1 Å². The Balaban J connectivity index is 0.00000240. The summed E-state index contributed by atoms with van der Waals surface area (Å²) in [5.41, 5.74) is 7.28. The molecule has 29 heavy (non-hydrogen) atoms. The predicted molar refractivity (Wildman–Crippen MR) is 112 cm³/mol. The Morgan fingerprint density at radius 2 is 2.00 bits per heavy atom. The van der Waals surface area contributed by atoms with Crippen LogP contribution in [0.3, 0.4) is 0 Å². The minimum absolute atomic E-state index is 0. The highest BCUT2D eigenvalue weighted by Gasteiger charge is 2.28. The first kappa shape index (κ1) is 21.2. The van der Waals surface area contributed by atoms with Gasteiger partial charge in [0.15, 0.2) is 5.15 Å². The van der Waals surface area contributed by atoms with Gasteiger partial charge in [0.2, 0.25) is 5.95 Å². The molecule has 0 aromatic carbocycles. The van der Waals surface area contributed by atoms with Crippen LogP contribution in [0.2, 0.25) is 5.15 Å². The van der Waals surface area contributed by atoms with Gasteiger partial charge < -0.3 is 22.1 Å². The van der Waals surface area contributed by atoms with Crippen molar-refractivity contribution in [3.63, 3.8) is 0 Å². The Morgan fingerprint density at radius 1 is 1.24 bits per heavy atom. The van der Waals surface area contributed by atoms with Crippen molar-refractivity contribution in [2.45, 2.75) is 44.1 Å². The van der Waals surface area contributed by atoms with Crippen LogP contribution in [0, 0.1) is 10.1 Å². The second kappa shape index (κ2) is 8.85. The molecule has 1 atom stereocenters. The average molecular weight is 421 g/mol. The van der Waals surface area contributed by atoms with Crippen LogP contribution in [0.15, 0.2) is 18.3 Å². The zero-order valence-electron chi connectivity index (χ0n) is 16.1. The molecule has 11 heteroatoms. The van der Waals surface area contributed by atoms with E-state index in [1.165, 1.54) is 6.20 Å². The number of aromatic nitrogens is 3. The Hall–Kier alpha value is -2.56. The third kappa shape index (κ3) is 4.55. The standard InChI is InChI=1S/C18H22ClN7O2.H3N/c19-17-13(25-8-7-12(20)10-25)5-6-15(22-17)23-18-21-9-14(26(27)28)16(24-18)11-3-1-2-4-11;/h5-6,9,11-12H,1-4,7-8,10,20H2,(H,21,22,23,24);1H3. The molecule has 6 N–H and O–H groups in total. The molecule has 156 valence electrons. The first-order chi connectivity index (χ1) is 13.5. The molecule has 2 aliphatic rings. The normalized spacial score (nSPS) is 19.2. The summed E-state index contributed by atoms with van der Waals surface area (Å²) in [6, 6.07) is 3.83. The van der Waals surface area contributed by atoms with Crippen LogP contribution in [0.4, 0.5) is 23.1 Å². The van der Waals surface area contributed by atoms with Crippen molar-refractivity contribution in [1.29, 1.82) is 0 Å². The van der Waals surface area contributed by atoms with E-state index in [2.05, 4.69) is 25.2 Å². The average Bonchev–Trinajstić information content (AvgIpc) is 3.33. The topological polar surface area (TPSA) is 158 Å². The molecule has 0 amide bonds. The molecule has 1 aliphatic carbocycles. The molecular weight excluding hydrogens is 396 g/mol. The largest absolute Gasteiger partial charge is 0.367 e. The lowest BCUT2D eigenvalue weighted by Gasteiger charge is -2.19. The third-order valence-corrected chi connectivity index (χ3v) is 5.65. The fourth-order valence-corrected chi connectivity index (χ4v) is 4.22. The van der Waals surface area contributed by atoms with E-state index in [-0.39, 0.29) is 29.7 Å². The van der Waals surface area contributed by atoms with Crippen molar-refractivity contribution in [2.24, 2.45) is 5.73 Å². The predicted octanol–water partition coefficient (Wildman–Crippen LogP) is 3.53. The van der Waals surface area contributed by atoms with E-state index >= 15 is 0 Å². The summed E-state index contributed by atoms with van der Waals surface area (Å²) in [5, 5.41) is 14.7. The van der Waals surface area contributed by atoms with E-state index in [4.69, 9.17) is 17.3 Å². The molecule has 3 heterocycles. The van der Waals surface area contributed by atoms with Crippen LogP contribution in [-0.2, 0) is 0 Å². The van der Waals surface area contributed by atoms with Crippen LogP contribution in [0.5, 0.6) is 0 Å². The van der Waals surface area contributed by atoms with Gasteiger partial charge in [0.05, 0.1) is 10.6 Å². The Kier molecular flexibility index (Phi) is 6.46. The first-order valence-corrected chi connectivity index (χ1v) is 9.84. The zero-order chi connectivity index (χ0) is 19.7. The fourth-order valence-electron chi connectivity index (χ4n) is 3.94. The highest BCUT2D eigenvalue weighted by atomic mass is 35.5. The molecule has 1 aliphatic heterocycles. The molecule has 1 saturated heterocycles. The molecular formula is C18H25ClN8O2. The SMILES string of the molecule is N.NC1CCN(c2ccc(Nc3ncc([N+](=O)[O-])c(C4CCCC4)n3)nc2Cl)C1. The van der Waals surface area contributed by atoms with Gasteiger partial charge in [0.25, 0.3) is 0 Å². The number of rotatable bonds is 5. The van der Waals surface area contributed by atoms with Crippen LogP contribution in [-0.4, -0.2) is 39.0 Å². The molecule has 2 fully saturated rings. The van der Waals surface area contributed by atoms with Gasteiger partial charge in [-0.3, -0.25) is 10.1 Å². The van der Waals surface area contributed by atoms with Crippen molar-refractivity contribution in [3.8, 4) is 0 Å². The van der Waals surface area contributed by atoms with E-state index in [1.54, 1.807) is 6.07 Å². The summed E-state index contributed by atoms with van der Waals surface area (Å²) < 4.78 is 0. The number of anilines is 3. The summed E-state index contributed by atoms with van der Waals surface area (Å²) in [5.74, 6) is 0.873. The summed E-state index contributed by atoms with van der Waals surface area (Å²) in [6.07, 6.45) is 6.14. The lowest BCUT2D eigenvalue weighted by atomic mass is 10.0. The van der Waals surface area contributed by atoms with Gasteiger partial charge >= 0.3 is 5.69 Å². The van der Waals surface area contributed by atoms with Crippen LogP contribution in [0.1, 0.15) is 43.7 Å². The summed E-state index contributed by atoms with van der Waals surface area (Å²) in [4.78, 5) is 26.0. The number of hydrogen-bond acceptors (Lipinski definition) is 9. The number of nitrogens with one attached hydrogen (secondary N) is 1. The minimum atomic E-state index is -0.415. The lowest BCUT2D eigenvalue weighted by molar-refractivity contribution is -0.386. The molecule has 2 aromatic heterocycles. The molecule has 10 nitrogen and oxygen atoms in total. The van der Waals surface area contributed by atoms with E-state index in [1.807, 2.05) is 6.07 Å². The molecule has 0 bridgehead atoms. The van der Waals surface area contributed by atoms with Gasteiger partial charge in [-0.15, -0.1) is 0 Å². The number of nitro groups is 1. The van der Waals surface area contributed by atoms with Gasteiger partial charge in [-0.2, -0.15) is 0 Å². The van der Waals surface area contributed by atoms with E-state index in [0.29, 0.717) is 16.7 Å². The van der Waals surface area contributed by atoms with Crippen molar-refractivity contribution in [2.75, 3.05) is 23.3 Å². The maximum absolute atomic E-state index is 11.3. The first-order valence-electron chi connectivity index (χ1n) is 9.46. The molecule has 2 aromatic rings. The Bertz CT molecular complexity index is 890. The monoisotopic (exact) mass is 420 g/mol. The quantitative estimate of drug-likeness (QED) is 0.373. The summed E-state index contributed by atoms with van der Waals surface area (Å²) in [6.45, 7) is 1.61. The van der Waals surface area contributed by atoms with Gasteiger partial charge in [-0.05, 0) is 31.4 Å². The van der Waals surface area contributed by atoms with Crippen molar-refractivity contribution in [1.82, 2.24) is 21.1 Å². The van der Waals surface area contributed by atoms with E-state index in [0.717, 1.165) is 50.9 Å². The number of pyridine rings is 1. The summed E-state index contributed by atoms with van der Waals surface area (Å²) in [7, 11) is 0. The molecule has 1 saturated carbocycles. The number of nitrogens with two attached hydrogens (primary N) is 1. The van der Waals surface area contributed by atoms with Gasteiger partial charge in [-0.25, -0.2) is 15.0 Å². The van der Waals surface area contributed by atoms with Crippen molar-refractivity contribution < 1.29 is 4.92 Å². The van der Waals surface area contributed by atoms with E-state index < -0.39 is 4.92 Å². The maximum Gasteiger partial charge on any atom is 0.309 e. The summed E-state index contributed by atoms with van der Waals surface area (Å²) >= 11 is 6.36. The molecule has 4 rings (SSSR count). The number of nitrogens with zero attached hydrogens (tertiary/aromatic N) is 5. The molecule has 1 unspecified atom stereocenters. The smallest absolute Gasteiger partial charge is 0.309 e. The fraction of sp³-hybridized carbons (Fsp3) is 0.500. The minimum Gasteiger partial charge on any atom is -0.367 e. The van der Waals surface area contributed by atoms with Gasteiger partial charge in [0.1, 0.15) is 17.7 Å². The Labute approximate surface area is 173 Å². The molecule has 0 spiro atoms. The van der Waals surface area contributed by atoms with Gasteiger partial charge in [0, 0.05) is 25.0 Å². The Morgan fingerprint density at radius 3 is 2.62 bits per heavy atom. The number of halogens is 1. The molecule has 0 radical (unpaired) electrons. The van der Waals surface area contributed by atoms with Crippen molar-refractivity contribution >= 4 is 34.7 Å². The van der Waals surface area contributed by atoms with Crippen molar-refractivity contribution in [3.05, 3.63) is 39.3 Å². The lowest BCUT2D eigenvalue weighted by Crippen LogP contribution is -2.26. The highest BCUT2D eigenvalue weighted by molar-refractivity contribution is 6.32. The second-order valence-electron chi connectivity index (χ2n) is 7.33.